The molecule has 0 aliphatic heterocycles. The van der Waals surface area contributed by atoms with Gasteiger partial charge in [0.2, 0.25) is 0 Å². The largest absolute Gasteiger partial charge is 0.462 e. The van der Waals surface area contributed by atoms with Gasteiger partial charge in [-0.3, -0.25) is 9.36 Å². The van der Waals surface area contributed by atoms with Gasteiger partial charge in [-0.1, -0.05) is 17.7 Å². The average molecular weight is 308 g/mol. The van der Waals surface area contributed by atoms with E-state index in [9.17, 15) is 9.59 Å². The van der Waals surface area contributed by atoms with Crippen LogP contribution in [-0.2, 0) is 4.74 Å². The first kappa shape index (κ1) is 15.0. The molecule has 0 bridgehead atoms. The summed E-state index contributed by atoms with van der Waals surface area (Å²) in [5.41, 5.74) is 2.40. The number of benzene rings is 1. The van der Waals surface area contributed by atoms with E-state index in [1.54, 1.807) is 37.4 Å². The second kappa shape index (κ2) is 6.04. The number of aromatic nitrogens is 2. The highest BCUT2D eigenvalue weighted by molar-refractivity contribution is 6.08. The fourth-order valence-corrected chi connectivity index (χ4v) is 2.42. The van der Waals surface area contributed by atoms with Crippen molar-refractivity contribution in [3.05, 3.63) is 65.5 Å². The number of carbonyl (C=O) groups is 2. The lowest BCUT2D eigenvalue weighted by Gasteiger charge is -2.03. The average Bonchev–Trinajstić information content (AvgIpc) is 2.95. The van der Waals surface area contributed by atoms with E-state index in [4.69, 9.17) is 4.74 Å². The second-order valence-corrected chi connectivity index (χ2v) is 5.18. The molecule has 2 aromatic heterocycles. The molecule has 2 heterocycles. The number of nitrogens with zero attached hydrogens (tertiary/aromatic N) is 2. The molecule has 116 valence electrons. The fourth-order valence-electron chi connectivity index (χ4n) is 2.42. The molecule has 23 heavy (non-hydrogen) atoms. The number of esters is 1. The third kappa shape index (κ3) is 2.73. The summed E-state index contributed by atoms with van der Waals surface area (Å²) in [4.78, 5) is 29.1. The van der Waals surface area contributed by atoms with Crippen molar-refractivity contribution >= 4 is 22.9 Å². The third-order valence-corrected chi connectivity index (χ3v) is 3.58. The Morgan fingerprint density at radius 3 is 2.61 bits per heavy atom. The van der Waals surface area contributed by atoms with E-state index in [1.807, 2.05) is 19.1 Å². The van der Waals surface area contributed by atoms with Crippen LogP contribution in [0.15, 0.2) is 48.8 Å². The topological polar surface area (TPSA) is 61.2 Å². The normalized spacial score (nSPS) is 10.7. The predicted octanol–water partition coefficient (Wildman–Crippen LogP) is 3.21. The van der Waals surface area contributed by atoms with Crippen molar-refractivity contribution in [2.24, 2.45) is 0 Å². The molecule has 0 saturated carbocycles. The van der Waals surface area contributed by atoms with Gasteiger partial charge in [0, 0.05) is 23.3 Å². The van der Waals surface area contributed by atoms with Crippen LogP contribution in [0.3, 0.4) is 0 Å². The highest BCUT2D eigenvalue weighted by Crippen LogP contribution is 2.21. The standard InChI is InChI=1S/C18H16N2O3/c1-3-23-18(22)15-11-20(16-14(15)5-4-10-19-16)17(21)13-8-6-12(2)7-9-13/h4-11H,3H2,1-2H3. The first-order valence-corrected chi connectivity index (χ1v) is 7.36. The van der Waals surface area contributed by atoms with E-state index in [-0.39, 0.29) is 12.5 Å². The van der Waals surface area contributed by atoms with Crippen LogP contribution in [0.5, 0.6) is 0 Å². The van der Waals surface area contributed by atoms with E-state index >= 15 is 0 Å². The van der Waals surface area contributed by atoms with Crippen LogP contribution >= 0.6 is 0 Å². The summed E-state index contributed by atoms with van der Waals surface area (Å²) < 4.78 is 6.45. The SMILES string of the molecule is CCOC(=O)c1cn(C(=O)c2ccc(C)cc2)c2ncccc12. The zero-order valence-corrected chi connectivity index (χ0v) is 12.9. The molecule has 3 rings (SSSR count). The van der Waals surface area contributed by atoms with Crippen molar-refractivity contribution in [1.82, 2.24) is 9.55 Å². The molecule has 0 spiro atoms. The number of hydrogen-bond acceptors (Lipinski definition) is 4. The molecule has 0 saturated heterocycles. The van der Waals surface area contributed by atoms with Crippen LogP contribution in [0, 0.1) is 6.92 Å². The monoisotopic (exact) mass is 308 g/mol. The minimum atomic E-state index is -0.457. The highest BCUT2D eigenvalue weighted by Gasteiger charge is 2.20. The van der Waals surface area contributed by atoms with Gasteiger partial charge < -0.3 is 4.74 Å². The Bertz CT molecular complexity index is 879. The Balaban J connectivity index is 2.12. The van der Waals surface area contributed by atoms with Gasteiger partial charge in [-0.05, 0) is 38.1 Å². The number of ether oxygens (including phenoxy) is 1. The maximum Gasteiger partial charge on any atom is 0.340 e. The van der Waals surface area contributed by atoms with Gasteiger partial charge in [0.25, 0.3) is 5.91 Å². The van der Waals surface area contributed by atoms with Crippen LogP contribution in [0.4, 0.5) is 0 Å². The summed E-state index contributed by atoms with van der Waals surface area (Å²) >= 11 is 0. The van der Waals surface area contributed by atoms with Crippen molar-refractivity contribution < 1.29 is 14.3 Å². The first-order chi connectivity index (χ1) is 11.1. The Morgan fingerprint density at radius 2 is 1.91 bits per heavy atom. The van der Waals surface area contributed by atoms with Gasteiger partial charge >= 0.3 is 5.97 Å². The van der Waals surface area contributed by atoms with E-state index in [0.29, 0.717) is 22.2 Å². The number of aryl methyl sites for hydroxylation is 1. The zero-order valence-electron chi connectivity index (χ0n) is 12.9. The molecule has 0 atom stereocenters. The van der Waals surface area contributed by atoms with Crippen LogP contribution in [-0.4, -0.2) is 28.0 Å². The Hall–Kier alpha value is -2.95. The molecule has 0 radical (unpaired) electrons. The molecule has 0 amide bonds. The lowest BCUT2D eigenvalue weighted by atomic mass is 10.1. The molecule has 5 nitrogen and oxygen atoms in total. The van der Waals surface area contributed by atoms with Gasteiger partial charge in [0.15, 0.2) is 0 Å². The quantitative estimate of drug-likeness (QED) is 0.697. The molecule has 0 unspecified atom stereocenters. The van der Waals surface area contributed by atoms with Gasteiger partial charge in [-0.15, -0.1) is 0 Å². The van der Waals surface area contributed by atoms with Crippen molar-refractivity contribution in [3.63, 3.8) is 0 Å². The van der Waals surface area contributed by atoms with Crippen LogP contribution in [0.25, 0.3) is 11.0 Å². The van der Waals surface area contributed by atoms with Gasteiger partial charge in [0.1, 0.15) is 5.65 Å². The maximum atomic E-state index is 12.7. The van der Waals surface area contributed by atoms with Crippen molar-refractivity contribution in [3.8, 4) is 0 Å². The van der Waals surface area contributed by atoms with Crippen molar-refractivity contribution in [1.29, 1.82) is 0 Å². The summed E-state index contributed by atoms with van der Waals surface area (Å²) in [6, 6.07) is 10.8. The lowest BCUT2D eigenvalue weighted by Crippen LogP contribution is -2.11. The molecule has 1 aromatic carbocycles. The maximum absolute atomic E-state index is 12.7. The number of rotatable bonds is 3. The van der Waals surface area contributed by atoms with Crippen LogP contribution in [0.1, 0.15) is 33.2 Å². The first-order valence-electron chi connectivity index (χ1n) is 7.36. The third-order valence-electron chi connectivity index (χ3n) is 3.58. The van der Waals surface area contributed by atoms with E-state index < -0.39 is 5.97 Å². The van der Waals surface area contributed by atoms with Crippen molar-refractivity contribution in [2.75, 3.05) is 6.61 Å². The summed E-state index contributed by atoms with van der Waals surface area (Å²) in [6.07, 6.45) is 3.09. The number of fused-ring (bicyclic) bond motifs is 1. The summed E-state index contributed by atoms with van der Waals surface area (Å²) in [6.45, 7) is 3.98. The molecular formula is C18H16N2O3. The molecule has 0 aliphatic rings. The predicted molar refractivity (Wildman–Crippen MR) is 86.6 cm³/mol. The zero-order chi connectivity index (χ0) is 16.4. The molecule has 3 aromatic rings. The van der Waals surface area contributed by atoms with E-state index in [1.165, 1.54) is 10.8 Å². The minimum absolute atomic E-state index is 0.232. The van der Waals surface area contributed by atoms with Crippen LogP contribution < -0.4 is 0 Å². The van der Waals surface area contributed by atoms with Crippen molar-refractivity contribution in [2.45, 2.75) is 13.8 Å². The Labute approximate surface area is 133 Å². The minimum Gasteiger partial charge on any atom is -0.462 e. The second-order valence-electron chi connectivity index (χ2n) is 5.18. The molecule has 0 N–H and O–H groups in total. The van der Waals surface area contributed by atoms with E-state index in [0.717, 1.165) is 5.56 Å². The summed E-state index contributed by atoms with van der Waals surface area (Å²) in [5.74, 6) is -0.690. The van der Waals surface area contributed by atoms with Gasteiger partial charge in [-0.2, -0.15) is 0 Å². The smallest absolute Gasteiger partial charge is 0.340 e. The summed E-state index contributed by atoms with van der Waals surface area (Å²) in [7, 11) is 0. The lowest BCUT2D eigenvalue weighted by molar-refractivity contribution is 0.0528. The molecule has 0 fully saturated rings. The van der Waals surface area contributed by atoms with Crippen LogP contribution in [0.2, 0.25) is 0 Å². The summed E-state index contributed by atoms with van der Waals surface area (Å²) in [5, 5.41) is 0.603. The Morgan fingerprint density at radius 1 is 1.17 bits per heavy atom. The number of hydrogen-bond donors (Lipinski definition) is 0. The highest BCUT2D eigenvalue weighted by atomic mass is 16.5. The Kier molecular flexibility index (Phi) is 3.93. The fraction of sp³-hybridized carbons (Fsp3) is 0.167. The van der Waals surface area contributed by atoms with E-state index in [2.05, 4.69) is 4.98 Å². The molecular weight excluding hydrogens is 292 g/mol. The number of pyridine rings is 1. The number of carbonyl (C=O) groups excluding carboxylic acids is 2. The van der Waals surface area contributed by atoms with Gasteiger partial charge in [-0.25, -0.2) is 9.78 Å². The molecule has 0 aliphatic carbocycles. The molecule has 5 heteroatoms. The van der Waals surface area contributed by atoms with Gasteiger partial charge in [0.05, 0.1) is 12.2 Å².